The van der Waals surface area contributed by atoms with Crippen molar-refractivity contribution in [3.05, 3.63) is 28.8 Å². The van der Waals surface area contributed by atoms with Crippen molar-refractivity contribution in [2.45, 2.75) is 12.5 Å². The molecule has 5 nitrogen and oxygen atoms in total. The minimum Gasteiger partial charge on any atom is -0.507 e. The highest BCUT2D eigenvalue weighted by atomic mass is 35.5. The van der Waals surface area contributed by atoms with Gasteiger partial charge in [-0.15, -0.1) is 0 Å². The quantitative estimate of drug-likeness (QED) is 0.748. The van der Waals surface area contributed by atoms with Gasteiger partial charge >= 0.3 is 5.97 Å². The molecule has 0 bridgehead atoms. The van der Waals surface area contributed by atoms with E-state index in [1.807, 2.05) is 6.26 Å². The summed E-state index contributed by atoms with van der Waals surface area (Å²) in [7, 11) is 0. The molecule has 0 fully saturated rings. The number of carbonyl (C=O) groups excluding carboxylic acids is 1. The molecule has 1 amide bonds. The minimum atomic E-state index is -1.10. The van der Waals surface area contributed by atoms with E-state index in [1.165, 1.54) is 30.0 Å². The van der Waals surface area contributed by atoms with Crippen molar-refractivity contribution < 1.29 is 19.8 Å². The zero-order valence-electron chi connectivity index (χ0n) is 10.2. The molecule has 19 heavy (non-hydrogen) atoms. The van der Waals surface area contributed by atoms with Gasteiger partial charge in [-0.05, 0) is 36.6 Å². The van der Waals surface area contributed by atoms with Gasteiger partial charge in [0.15, 0.2) is 0 Å². The standard InChI is InChI=1S/C12H14ClNO4S/c1-19-5-4-9(12(17)18)14-11(16)8-3-2-7(13)6-10(8)15/h2-3,6,9,15H,4-5H2,1H3,(H,14,16)(H,17,18). The Kier molecular flexibility index (Phi) is 5.98. The summed E-state index contributed by atoms with van der Waals surface area (Å²) in [6.45, 7) is 0. The van der Waals surface area contributed by atoms with E-state index in [0.717, 1.165) is 0 Å². The molecule has 3 N–H and O–H groups in total. The van der Waals surface area contributed by atoms with Crippen LogP contribution < -0.4 is 5.32 Å². The first-order valence-corrected chi connectivity index (χ1v) is 7.24. The van der Waals surface area contributed by atoms with E-state index >= 15 is 0 Å². The van der Waals surface area contributed by atoms with E-state index < -0.39 is 17.9 Å². The summed E-state index contributed by atoms with van der Waals surface area (Å²) in [5.74, 6) is -1.40. The Morgan fingerprint density at radius 3 is 2.68 bits per heavy atom. The monoisotopic (exact) mass is 303 g/mol. The summed E-state index contributed by atoms with van der Waals surface area (Å²) in [5.41, 5.74) is -0.000184. The fourth-order valence-corrected chi connectivity index (χ4v) is 2.06. The topological polar surface area (TPSA) is 86.6 Å². The molecule has 0 saturated carbocycles. The molecule has 0 aliphatic heterocycles. The second-order valence-electron chi connectivity index (χ2n) is 3.81. The first-order chi connectivity index (χ1) is 8.95. The van der Waals surface area contributed by atoms with Gasteiger partial charge in [0.25, 0.3) is 5.91 Å². The van der Waals surface area contributed by atoms with Gasteiger partial charge < -0.3 is 15.5 Å². The van der Waals surface area contributed by atoms with Crippen LogP contribution in [0.3, 0.4) is 0 Å². The number of aliphatic carboxylic acids is 1. The third-order valence-corrected chi connectivity index (χ3v) is 3.30. The van der Waals surface area contributed by atoms with E-state index in [9.17, 15) is 14.7 Å². The highest BCUT2D eigenvalue weighted by Crippen LogP contribution is 2.21. The average molecular weight is 304 g/mol. The van der Waals surface area contributed by atoms with Crippen molar-refractivity contribution >= 4 is 35.2 Å². The van der Waals surface area contributed by atoms with Gasteiger partial charge in [0.2, 0.25) is 0 Å². The molecular formula is C12H14ClNO4S. The largest absolute Gasteiger partial charge is 0.507 e. The molecule has 0 aromatic heterocycles. The molecule has 0 spiro atoms. The van der Waals surface area contributed by atoms with Crippen molar-refractivity contribution in [1.29, 1.82) is 0 Å². The highest BCUT2D eigenvalue weighted by molar-refractivity contribution is 7.98. The molecule has 0 heterocycles. The molecular weight excluding hydrogens is 290 g/mol. The summed E-state index contributed by atoms with van der Waals surface area (Å²) >= 11 is 7.15. The summed E-state index contributed by atoms with van der Waals surface area (Å²) in [5, 5.41) is 21.3. The predicted molar refractivity (Wildman–Crippen MR) is 75.0 cm³/mol. The van der Waals surface area contributed by atoms with Gasteiger partial charge in [-0.2, -0.15) is 11.8 Å². The zero-order valence-corrected chi connectivity index (χ0v) is 11.8. The molecule has 0 aliphatic carbocycles. The maximum absolute atomic E-state index is 11.9. The molecule has 0 radical (unpaired) electrons. The van der Waals surface area contributed by atoms with Crippen molar-refractivity contribution in [3.8, 4) is 5.75 Å². The van der Waals surface area contributed by atoms with E-state index in [-0.39, 0.29) is 11.3 Å². The number of benzene rings is 1. The number of hydrogen-bond donors (Lipinski definition) is 3. The maximum atomic E-state index is 11.9. The summed E-state index contributed by atoms with van der Waals surface area (Å²) in [6.07, 6.45) is 2.17. The van der Waals surface area contributed by atoms with Crippen LogP contribution in [0.15, 0.2) is 18.2 Å². The number of thioether (sulfide) groups is 1. The molecule has 1 aromatic rings. The molecule has 1 aromatic carbocycles. The molecule has 0 saturated heterocycles. The van der Waals surface area contributed by atoms with Crippen LogP contribution in [-0.2, 0) is 4.79 Å². The van der Waals surface area contributed by atoms with Gasteiger partial charge in [-0.3, -0.25) is 4.79 Å². The first-order valence-electron chi connectivity index (χ1n) is 5.46. The number of hydrogen-bond acceptors (Lipinski definition) is 4. The summed E-state index contributed by atoms with van der Waals surface area (Å²) in [6, 6.07) is 3.05. The lowest BCUT2D eigenvalue weighted by Gasteiger charge is -2.14. The van der Waals surface area contributed by atoms with E-state index in [2.05, 4.69) is 5.32 Å². The lowest BCUT2D eigenvalue weighted by Crippen LogP contribution is -2.41. The van der Waals surface area contributed by atoms with Crippen LogP contribution in [0.1, 0.15) is 16.8 Å². The van der Waals surface area contributed by atoms with Gasteiger partial charge in [-0.25, -0.2) is 4.79 Å². The van der Waals surface area contributed by atoms with Crippen LogP contribution >= 0.6 is 23.4 Å². The molecule has 1 rings (SSSR count). The van der Waals surface area contributed by atoms with E-state index in [0.29, 0.717) is 17.2 Å². The molecule has 7 heteroatoms. The molecule has 104 valence electrons. The number of halogens is 1. The Morgan fingerprint density at radius 1 is 1.47 bits per heavy atom. The van der Waals surface area contributed by atoms with Crippen LogP contribution in [0.25, 0.3) is 0 Å². The van der Waals surface area contributed by atoms with Crippen molar-refractivity contribution in [1.82, 2.24) is 5.32 Å². The normalized spacial score (nSPS) is 11.9. The average Bonchev–Trinajstić information content (AvgIpc) is 2.33. The Morgan fingerprint density at radius 2 is 2.16 bits per heavy atom. The first kappa shape index (κ1) is 15.7. The van der Waals surface area contributed by atoms with Gasteiger partial charge in [0.05, 0.1) is 5.56 Å². The SMILES string of the molecule is CSCCC(NC(=O)c1ccc(Cl)cc1O)C(=O)O. The Balaban J connectivity index is 2.78. The number of carboxylic acid groups (broad SMARTS) is 1. The Hall–Kier alpha value is -1.40. The maximum Gasteiger partial charge on any atom is 0.326 e. The molecule has 1 unspecified atom stereocenters. The minimum absolute atomic E-state index is 0.000184. The Labute approximate surface area is 120 Å². The summed E-state index contributed by atoms with van der Waals surface area (Å²) < 4.78 is 0. The van der Waals surface area contributed by atoms with Crippen LogP contribution in [0.4, 0.5) is 0 Å². The summed E-state index contributed by atoms with van der Waals surface area (Å²) in [4.78, 5) is 22.9. The Bertz CT molecular complexity index is 481. The van der Waals surface area contributed by atoms with Gasteiger partial charge in [0, 0.05) is 5.02 Å². The van der Waals surface area contributed by atoms with Crippen LogP contribution in [0.2, 0.25) is 5.02 Å². The van der Waals surface area contributed by atoms with Crippen molar-refractivity contribution in [3.63, 3.8) is 0 Å². The number of carboxylic acids is 1. The number of carbonyl (C=O) groups is 2. The van der Waals surface area contributed by atoms with Crippen LogP contribution in [0.5, 0.6) is 5.75 Å². The van der Waals surface area contributed by atoms with Gasteiger partial charge in [0.1, 0.15) is 11.8 Å². The van der Waals surface area contributed by atoms with Gasteiger partial charge in [-0.1, -0.05) is 11.6 Å². The van der Waals surface area contributed by atoms with E-state index in [4.69, 9.17) is 16.7 Å². The van der Waals surface area contributed by atoms with Crippen molar-refractivity contribution in [2.24, 2.45) is 0 Å². The van der Waals surface area contributed by atoms with E-state index in [1.54, 1.807) is 0 Å². The zero-order chi connectivity index (χ0) is 14.4. The second-order valence-corrected chi connectivity index (χ2v) is 5.23. The molecule has 1 atom stereocenters. The van der Waals surface area contributed by atoms with Crippen LogP contribution in [0, 0.1) is 0 Å². The van der Waals surface area contributed by atoms with Crippen LogP contribution in [-0.4, -0.2) is 40.1 Å². The number of amides is 1. The second kappa shape index (κ2) is 7.25. The third-order valence-electron chi connectivity index (χ3n) is 2.42. The fraction of sp³-hybridized carbons (Fsp3) is 0.333. The number of phenols is 1. The number of nitrogens with one attached hydrogen (secondary N) is 1. The number of rotatable bonds is 6. The highest BCUT2D eigenvalue weighted by Gasteiger charge is 2.21. The third kappa shape index (κ3) is 4.65. The lowest BCUT2D eigenvalue weighted by molar-refractivity contribution is -0.139. The smallest absolute Gasteiger partial charge is 0.326 e. The molecule has 0 aliphatic rings. The van der Waals surface area contributed by atoms with Crippen molar-refractivity contribution in [2.75, 3.05) is 12.0 Å². The number of phenolic OH excluding ortho intramolecular Hbond substituents is 1. The lowest BCUT2D eigenvalue weighted by atomic mass is 10.1. The fourth-order valence-electron chi connectivity index (χ4n) is 1.43. The number of aromatic hydroxyl groups is 1. The predicted octanol–water partition coefficient (Wildman–Crippen LogP) is 1.98.